The molecule has 1 aromatic carbocycles. The summed E-state index contributed by atoms with van der Waals surface area (Å²) < 4.78 is 63.8. The van der Waals surface area contributed by atoms with E-state index in [1.807, 2.05) is 0 Å². The molecule has 2 saturated heterocycles. The molecule has 4 aliphatic rings. The largest absolute Gasteiger partial charge is 0.359 e. The highest BCUT2D eigenvalue weighted by Gasteiger charge is 2.45. The van der Waals surface area contributed by atoms with Crippen molar-refractivity contribution in [1.29, 1.82) is 5.26 Å². The fourth-order valence-electron chi connectivity index (χ4n) is 7.75. The van der Waals surface area contributed by atoms with E-state index in [2.05, 4.69) is 32.8 Å². The lowest BCUT2D eigenvalue weighted by Gasteiger charge is -2.36. The first-order valence-corrected chi connectivity index (χ1v) is 18.8. The van der Waals surface area contributed by atoms with Crippen LogP contribution < -0.4 is 10.9 Å². The fourth-order valence-corrected chi connectivity index (χ4v) is 8.44. The molecule has 2 fully saturated rings. The average Bonchev–Trinajstić information content (AvgIpc) is 3.10. The van der Waals surface area contributed by atoms with Gasteiger partial charge < -0.3 is 10.2 Å². The number of hydrogen-bond acceptors (Lipinski definition) is 7. The van der Waals surface area contributed by atoms with Crippen molar-refractivity contribution in [3.05, 3.63) is 76.1 Å². The molecular weight excluding hydrogens is 652 g/mol. The molecule has 0 radical (unpaired) electrons. The third-order valence-electron chi connectivity index (χ3n) is 10.8. The summed E-state index contributed by atoms with van der Waals surface area (Å²) in [4.78, 5) is 25.5. The van der Waals surface area contributed by atoms with Crippen molar-refractivity contribution in [3.8, 4) is 6.07 Å². The minimum absolute atomic E-state index is 0.00393. The van der Waals surface area contributed by atoms with Crippen molar-refractivity contribution in [2.45, 2.75) is 81.7 Å². The van der Waals surface area contributed by atoms with Gasteiger partial charge in [-0.2, -0.15) is 5.26 Å². The molecular formula is C36H44F3N7O2S. The van der Waals surface area contributed by atoms with E-state index in [1.165, 1.54) is 30.6 Å². The van der Waals surface area contributed by atoms with Gasteiger partial charge in [0.2, 0.25) is 0 Å². The lowest BCUT2D eigenvalue weighted by atomic mass is 9.74. The fraction of sp³-hybridized carbons (Fsp3) is 0.556. The molecule has 2 aromatic heterocycles. The summed E-state index contributed by atoms with van der Waals surface area (Å²) >= 11 is 0. The summed E-state index contributed by atoms with van der Waals surface area (Å²) in [7, 11) is -1.20. The van der Waals surface area contributed by atoms with Crippen molar-refractivity contribution in [2.75, 3.05) is 44.3 Å². The van der Waals surface area contributed by atoms with E-state index >= 15 is 13.2 Å². The maximum Gasteiger partial charge on any atom is 0.278 e. The molecule has 13 heteroatoms. The molecule has 49 heavy (non-hydrogen) atoms. The average molecular weight is 696 g/mol. The second-order valence-electron chi connectivity index (χ2n) is 13.6. The van der Waals surface area contributed by atoms with Crippen LogP contribution in [0.5, 0.6) is 0 Å². The summed E-state index contributed by atoms with van der Waals surface area (Å²) in [5.41, 5.74) is -1.36. The highest BCUT2D eigenvalue weighted by atomic mass is 32.2. The number of aromatic nitrogens is 3. The lowest BCUT2D eigenvalue weighted by Crippen LogP contribution is -2.45. The Labute approximate surface area is 287 Å². The molecule has 6 heterocycles. The van der Waals surface area contributed by atoms with E-state index in [-0.39, 0.29) is 16.9 Å². The minimum Gasteiger partial charge on any atom is -0.359 e. The van der Waals surface area contributed by atoms with E-state index in [0.29, 0.717) is 75.0 Å². The SMILES string of the molecule is C=C[C@H]1Nc2ncnc3c2cc(C2(C#N)CCN(S(C)=O)CC2)c(=O)n3CCCCCCCN2CCC(CC2)C(F)(F)c2cccc1c2F. The number of piperidine rings is 2. The van der Waals surface area contributed by atoms with E-state index < -0.39 is 45.7 Å². The summed E-state index contributed by atoms with van der Waals surface area (Å²) in [5, 5.41) is 14.2. The van der Waals surface area contributed by atoms with Crippen LogP contribution in [-0.4, -0.2) is 66.9 Å². The van der Waals surface area contributed by atoms with Gasteiger partial charge in [0.1, 0.15) is 23.6 Å². The summed E-state index contributed by atoms with van der Waals surface area (Å²) in [6.07, 6.45) is 10.1. The van der Waals surface area contributed by atoms with Crippen molar-refractivity contribution >= 4 is 27.8 Å². The zero-order chi connectivity index (χ0) is 34.8. The first-order chi connectivity index (χ1) is 23.6. The van der Waals surface area contributed by atoms with E-state index in [0.717, 1.165) is 38.6 Å². The molecule has 4 aliphatic heterocycles. The van der Waals surface area contributed by atoms with Gasteiger partial charge in [-0.05, 0) is 64.2 Å². The van der Waals surface area contributed by atoms with E-state index in [1.54, 1.807) is 21.2 Å². The van der Waals surface area contributed by atoms with Gasteiger partial charge in [-0.3, -0.25) is 9.36 Å². The summed E-state index contributed by atoms with van der Waals surface area (Å²) in [5.74, 6) is -5.04. The molecule has 1 N–H and O–H groups in total. The Morgan fingerprint density at radius 3 is 2.39 bits per heavy atom. The number of nitriles is 1. The number of hydrogen-bond donors (Lipinski definition) is 1. The van der Waals surface area contributed by atoms with Gasteiger partial charge in [0, 0.05) is 42.9 Å². The number of alkyl halides is 2. The number of rotatable bonds is 3. The van der Waals surface area contributed by atoms with Crippen LogP contribution in [0.1, 0.15) is 80.5 Å². The van der Waals surface area contributed by atoms with Crippen LogP contribution in [0.25, 0.3) is 11.0 Å². The van der Waals surface area contributed by atoms with Crippen molar-refractivity contribution in [1.82, 2.24) is 23.7 Å². The Bertz CT molecular complexity index is 1810. The standard InChI is InChI=1S/C36H44F3N7O2S/c1-3-30-26-10-9-11-28(31(26)37)36(38,39)25-12-18-44(19-13-25)16-7-5-4-6-8-17-46-33-27(32(43-30)41-24-42-33)22-29(34(46)47)35(23-40)14-20-45(21-15-35)49(2)48/h3,9-11,22,24-25,30H,1,4-8,12-21H2,2H3,(H,41,42,43)/t30-,49?/m1/s1. The second kappa shape index (κ2) is 14.7. The van der Waals surface area contributed by atoms with Gasteiger partial charge in [0.25, 0.3) is 11.5 Å². The molecule has 3 aromatic rings. The molecule has 0 amide bonds. The van der Waals surface area contributed by atoms with Crippen LogP contribution in [0, 0.1) is 23.1 Å². The Balaban J connectivity index is 1.46. The Hall–Kier alpha value is -3.60. The minimum atomic E-state index is -3.35. The number of fused-ring (bicyclic) bond motifs is 9. The zero-order valence-electron chi connectivity index (χ0n) is 28.0. The maximum atomic E-state index is 16.2. The number of nitrogens with zero attached hydrogens (tertiary/aromatic N) is 6. The monoisotopic (exact) mass is 695 g/mol. The third-order valence-corrected chi connectivity index (χ3v) is 11.9. The number of nitrogens with one attached hydrogen (secondary N) is 1. The maximum absolute atomic E-state index is 16.2. The zero-order valence-corrected chi connectivity index (χ0v) is 28.8. The van der Waals surface area contributed by atoms with Crippen molar-refractivity contribution in [3.63, 3.8) is 0 Å². The molecule has 0 saturated carbocycles. The Morgan fingerprint density at radius 2 is 1.71 bits per heavy atom. The van der Waals surface area contributed by atoms with E-state index in [9.17, 15) is 14.3 Å². The molecule has 1 unspecified atom stereocenters. The van der Waals surface area contributed by atoms with Gasteiger partial charge >= 0.3 is 0 Å². The molecule has 8 bridgehead atoms. The van der Waals surface area contributed by atoms with E-state index in [4.69, 9.17) is 0 Å². The number of aryl methyl sites for hydroxylation is 1. The van der Waals surface area contributed by atoms with Gasteiger partial charge in [0.05, 0.1) is 39.5 Å². The highest BCUT2D eigenvalue weighted by Crippen LogP contribution is 2.44. The number of pyridine rings is 1. The van der Waals surface area contributed by atoms with Crippen LogP contribution >= 0.6 is 0 Å². The van der Waals surface area contributed by atoms with Crippen LogP contribution in [0.3, 0.4) is 0 Å². The highest BCUT2D eigenvalue weighted by molar-refractivity contribution is 7.81. The topological polar surface area (TPSA) is 107 Å². The van der Waals surface area contributed by atoms with Gasteiger partial charge in [-0.25, -0.2) is 31.7 Å². The van der Waals surface area contributed by atoms with Gasteiger partial charge in [-0.15, -0.1) is 6.58 Å². The van der Waals surface area contributed by atoms with Crippen LogP contribution in [0.2, 0.25) is 0 Å². The molecule has 0 aliphatic carbocycles. The third kappa shape index (κ3) is 6.92. The molecule has 262 valence electrons. The summed E-state index contributed by atoms with van der Waals surface area (Å²) in [6.45, 7) is 7.00. The normalized spacial score (nSPS) is 25.5. The first kappa shape index (κ1) is 35.2. The first-order valence-electron chi connectivity index (χ1n) is 17.3. The molecule has 9 nitrogen and oxygen atoms in total. The second-order valence-corrected chi connectivity index (χ2v) is 15.0. The quantitative estimate of drug-likeness (QED) is 0.326. The predicted molar refractivity (Wildman–Crippen MR) is 185 cm³/mol. The van der Waals surface area contributed by atoms with Crippen LogP contribution in [0.4, 0.5) is 19.0 Å². The smallest absolute Gasteiger partial charge is 0.278 e. The van der Waals surface area contributed by atoms with Gasteiger partial charge in [-0.1, -0.05) is 43.5 Å². The van der Waals surface area contributed by atoms with Gasteiger partial charge in [0.15, 0.2) is 0 Å². The Kier molecular flexibility index (Phi) is 10.6. The molecule has 0 spiro atoms. The van der Waals surface area contributed by atoms with Crippen molar-refractivity contribution < 1.29 is 17.4 Å². The van der Waals surface area contributed by atoms with Crippen LogP contribution in [0.15, 0.2) is 48.0 Å². The summed E-state index contributed by atoms with van der Waals surface area (Å²) in [6, 6.07) is 7.23. The number of anilines is 1. The number of benzene rings is 1. The van der Waals surface area contributed by atoms with Crippen LogP contribution in [-0.2, 0) is 28.9 Å². The predicted octanol–water partition coefficient (Wildman–Crippen LogP) is 6.19. The number of halogens is 3. The molecule has 7 rings (SSSR count). The van der Waals surface area contributed by atoms with Crippen molar-refractivity contribution in [2.24, 2.45) is 5.92 Å². The lowest BCUT2D eigenvalue weighted by molar-refractivity contribution is -0.0880. The Morgan fingerprint density at radius 1 is 1.02 bits per heavy atom. The molecule has 2 atom stereocenters.